The molecule has 2 heterocycles. The summed E-state index contributed by atoms with van der Waals surface area (Å²) >= 11 is 0. The van der Waals surface area contributed by atoms with Gasteiger partial charge in [-0.2, -0.15) is 0 Å². The van der Waals surface area contributed by atoms with E-state index >= 15 is 0 Å². The third kappa shape index (κ3) is 2.14. The van der Waals surface area contributed by atoms with E-state index < -0.39 is 11.5 Å². The predicted octanol–water partition coefficient (Wildman–Crippen LogP) is 2.20. The Balaban J connectivity index is 2.20. The molecule has 1 fully saturated rings. The van der Waals surface area contributed by atoms with E-state index in [1.807, 2.05) is 18.7 Å². The van der Waals surface area contributed by atoms with Crippen LogP contribution in [-0.4, -0.2) is 33.0 Å². The molecule has 0 saturated carbocycles. The molecule has 100 valence electrons. The van der Waals surface area contributed by atoms with Gasteiger partial charge in [0.1, 0.15) is 11.3 Å². The Hall–Kier alpha value is -1.36. The quantitative estimate of drug-likeness (QED) is 0.870. The van der Waals surface area contributed by atoms with Gasteiger partial charge in [-0.25, -0.2) is 4.98 Å². The maximum Gasteiger partial charge on any atom is 0.324 e. The van der Waals surface area contributed by atoms with Crippen molar-refractivity contribution < 1.29 is 14.3 Å². The molecule has 1 aromatic heterocycles. The number of nitrogens with zero attached hydrogens (tertiary/aromatic N) is 2. The molecule has 0 aromatic carbocycles. The van der Waals surface area contributed by atoms with Crippen molar-refractivity contribution in [2.45, 2.75) is 51.6 Å². The van der Waals surface area contributed by atoms with Crippen molar-refractivity contribution >= 4 is 5.97 Å². The van der Waals surface area contributed by atoms with E-state index in [2.05, 4.69) is 4.98 Å². The normalized spacial score (nSPS) is 24.6. The number of carbonyl (C=O) groups is 1. The smallest absolute Gasteiger partial charge is 0.324 e. The van der Waals surface area contributed by atoms with Crippen molar-refractivity contribution in [3.8, 4) is 0 Å². The first-order valence-electron chi connectivity index (χ1n) is 6.47. The van der Waals surface area contributed by atoms with E-state index in [4.69, 9.17) is 4.42 Å². The molecule has 0 radical (unpaired) electrons. The zero-order chi connectivity index (χ0) is 13.2. The number of oxazole rings is 1. The highest BCUT2D eigenvalue weighted by Gasteiger charge is 2.46. The van der Waals surface area contributed by atoms with Gasteiger partial charge in [-0.05, 0) is 32.7 Å². The average molecular weight is 252 g/mol. The topological polar surface area (TPSA) is 66.6 Å². The molecule has 1 N–H and O–H groups in total. The number of hydrogen-bond acceptors (Lipinski definition) is 4. The van der Waals surface area contributed by atoms with E-state index in [1.54, 1.807) is 0 Å². The largest absolute Gasteiger partial charge is 0.480 e. The summed E-state index contributed by atoms with van der Waals surface area (Å²) in [5, 5.41) is 9.58. The third-order valence-corrected chi connectivity index (χ3v) is 3.87. The van der Waals surface area contributed by atoms with Crippen LogP contribution in [0.4, 0.5) is 0 Å². The van der Waals surface area contributed by atoms with Crippen molar-refractivity contribution in [1.29, 1.82) is 0 Å². The molecule has 1 atom stereocenters. The summed E-state index contributed by atoms with van der Waals surface area (Å²) in [6, 6.07) is 0. The number of aryl methyl sites for hydroxylation is 1. The summed E-state index contributed by atoms with van der Waals surface area (Å²) in [5.74, 6) is 0.0701. The molecule has 0 bridgehead atoms. The van der Waals surface area contributed by atoms with Gasteiger partial charge in [0.15, 0.2) is 6.39 Å². The number of rotatable bonds is 5. The molecule has 0 aliphatic carbocycles. The molecular weight excluding hydrogens is 232 g/mol. The van der Waals surface area contributed by atoms with E-state index in [0.717, 1.165) is 37.3 Å². The number of carboxylic acids is 1. The monoisotopic (exact) mass is 252 g/mol. The first kappa shape index (κ1) is 13.1. The molecule has 5 nitrogen and oxygen atoms in total. The van der Waals surface area contributed by atoms with E-state index in [9.17, 15) is 9.90 Å². The summed E-state index contributed by atoms with van der Waals surface area (Å²) in [4.78, 5) is 17.9. The zero-order valence-corrected chi connectivity index (χ0v) is 11.0. The van der Waals surface area contributed by atoms with E-state index in [-0.39, 0.29) is 0 Å². The molecule has 2 rings (SSSR count). The van der Waals surface area contributed by atoms with Crippen molar-refractivity contribution in [1.82, 2.24) is 9.88 Å². The third-order valence-electron chi connectivity index (χ3n) is 3.87. The number of hydrogen-bond donors (Lipinski definition) is 1. The van der Waals surface area contributed by atoms with Crippen LogP contribution in [0.2, 0.25) is 0 Å². The van der Waals surface area contributed by atoms with Gasteiger partial charge in [0.05, 0.1) is 5.69 Å². The van der Waals surface area contributed by atoms with Crippen LogP contribution in [0.1, 0.15) is 44.1 Å². The highest BCUT2D eigenvalue weighted by atomic mass is 16.4. The molecule has 0 amide bonds. The highest BCUT2D eigenvalue weighted by Crippen LogP contribution is 2.35. The van der Waals surface area contributed by atoms with Crippen LogP contribution >= 0.6 is 0 Å². The van der Waals surface area contributed by atoms with Gasteiger partial charge in [-0.3, -0.25) is 9.69 Å². The van der Waals surface area contributed by atoms with Crippen molar-refractivity contribution in [3.05, 3.63) is 17.8 Å². The van der Waals surface area contributed by atoms with Crippen LogP contribution in [0, 0.1) is 6.92 Å². The molecular formula is C13H20N2O3. The number of carboxylic acid groups (broad SMARTS) is 1. The highest BCUT2D eigenvalue weighted by molar-refractivity contribution is 5.79. The molecule has 1 aromatic rings. The second-order valence-corrected chi connectivity index (χ2v) is 4.97. The van der Waals surface area contributed by atoms with Crippen LogP contribution < -0.4 is 0 Å². The Labute approximate surface area is 107 Å². The van der Waals surface area contributed by atoms with E-state index in [1.165, 1.54) is 6.39 Å². The molecule has 1 saturated heterocycles. The van der Waals surface area contributed by atoms with E-state index in [0.29, 0.717) is 13.0 Å². The minimum Gasteiger partial charge on any atom is -0.480 e. The minimum absolute atomic E-state index is 0.564. The lowest BCUT2D eigenvalue weighted by atomic mass is 9.90. The molecule has 0 spiro atoms. The molecule has 1 aliphatic rings. The van der Waals surface area contributed by atoms with Crippen molar-refractivity contribution in [2.24, 2.45) is 0 Å². The first-order valence-corrected chi connectivity index (χ1v) is 6.47. The average Bonchev–Trinajstić information content (AvgIpc) is 2.89. The summed E-state index contributed by atoms with van der Waals surface area (Å²) < 4.78 is 5.18. The number of aliphatic carboxylic acids is 1. The van der Waals surface area contributed by atoms with Crippen LogP contribution in [0.25, 0.3) is 0 Å². The number of aromatic nitrogens is 1. The van der Waals surface area contributed by atoms with Crippen LogP contribution in [-0.2, 0) is 11.3 Å². The Bertz CT molecular complexity index is 430. The van der Waals surface area contributed by atoms with Gasteiger partial charge in [0, 0.05) is 6.54 Å². The van der Waals surface area contributed by atoms with Gasteiger partial charge in [-0.15, -0.1) is 0 Å². The summed E-state index contributed by atoms with van der Waals surface area (Å²) in [7, 11) is 0. The predicted molar refractivity (Wildman–Crippen MR) is 66.2 cm³/mol. The standard InChI is InChI=1S/C13H20N2O3/c1-3-5-13(12(16)17)6-4-7-15(13)8-11-10(2)18-9-14-11/h9H,3-8H2,1-2H3,(H,16,17). The fourth-order valence-electron chi connectivity index (χ4n) is 2.87. The number of likely N-dealkylation sites (tertiary alicyclic amines) is 1. The Morgan fingerprint density at radius 2 is 2.44 bits per heavy atom. The lowest BCUT2D eigenvalue weighted by Crippen LogP contribution is -2.50. The summed E-state index contributed by atoms with van der Waals surface area (Å²) in [6.07, 6.45) is 4.65. The molecule has 18 heavy (non-hydrogen) atoms. The fourth-order valence-corrected chi connectivity index (χ4v) is 2.87. The second-order valence-electron chi connectivity index (χ2n) is 4.97. The summed E-state index contributed by atoms with van der Waals surface area (Å²) in [6.45, 7) is 5.27. The minimum atomic E-state index is -0.708. The lowest BCUT2D eigenvalue weighted by molar-refractivity contribution is -0.150. The van der Waals surface area contributed by atoms with Gasteiger partial charge in [0.25, 0.3) is 0 Å². The molecule has 1 aliphatic heterocycles. The van der Waals surface area contributed by atoms with Crippen molar-refractivity contribution in [3.63, 3.8) is 0 Å². The van der Waals surface area contributed by atoms with Gasteiger partial charge < -0.3 is 9.52 Å². The fraction of sp³-hybridized carbons (Fsp3) is 0.692. The van der Waals surface area contributed by atoms with Crippen LogP contribution in [0.15, 0.2) is 10.8 Å². The van der Waals surface area contributed by atoms with Gasteiger partial charge >= 0.3 is 5.97 Å². The first-order chi connectivity index (χ1) is 8.60. The Morgan fingerprint density at radius 3 is 3.00 bits per heavy atom. The molecule has 1 unspecified atom stereocenters. The maximum absolute atomic E-state index is 11.7. The second kappa shape index (κ2) is 5.10. The Kier molecular flexibility index (Phi) is 3.71. The summed E-state index contributed by atoms with van der Waals surface area (Å²) in [5.41, 5.74) is 0.138. The lowest BCUT2D eigenvalue weighted by Gasteiger charge is -2.34. The maximum atomic E-state index is 11.7. The van der Waals surface area contributed by atoms with Gasteiger partial charge in [-0.1, -0.05) is 13.3 Å². The Morgan fingerprint density at radius 1 is 1.67 bits per heavy atom. The molecule has 5 heteroatoms. The van der Waals surface area contributed by atoms with Crippen LogP contribution in [0.5, 0.6) is 0 Å². The zero-order valence-electron chi connectivity index (χ0n) is 11.0. The SMILES string of the molecule is CCCC1(C(=O)O)CCCN1Cc1ncoc1C. The van der Waals surface area contributed by atoms with Crippen molar-refractivity contribution in [2.75, 3.05) is 6.54 Å². The van der Waals surface area contributed by atoms with Crippen LogP contribution in [0.3, 0.4) is 0 Å². The van der Waals surface area contributed by atoms with Gasteiger partial charge in [0.2, 0.25) is 0 Å².